The number of aryl methyl sites for hydroxylation is 2. The van der Waals surface area contributed by atoms with Gasteiger partial charge in [-0.15, -0.1) is 0 Å². The van der Waals surface area contributed by atoms with E-state index >= 15 is 0 Å². The van der Waals surface area contributed by atoms with Crippen LogP contribution in [-0.4, -0.2) is 35.9 Å². The fourth-order valence-corrected chi connectivity index (χ4v) is 2.54. The highest BCUT2D eigenvalue weighted by atomic mass is 16.2. The van der Waals surface area contributed by atoms with Gasteiger partial charge < -0.3 is 5.32 Å². The Kier molecular flexibility index (Phi) is 5.35. The lowest BCUT2D eigenvalue weighted by molar-refractivity contribution is -0.121. The normalized spacial score (nSPS) is 12.0. The molecule has 0 aliphatic rings. The molecular formula is C16H19N7O2. The van der Waals surface area contributed by atoms with Crippen molar-refractivity contribution in [2.75, 3.05) is 0 Å². The summed E-state index contributed by atoms with van der Waals surface area (Å²) in [7, 11) is 0. The van der Waals surface area contributed by atoms with Gasteiger partial charge in [-0.25, -0.2) is 14.9 Å². The second-order valence-electron chi connectivity index (χ2n) is 5.60. The van der Waals surface area contributed by atoms with Gasteiger partial charge in [0.15, 0.2) is 0 Å². The van der Waals surface area contributed by atoms with E-state index in [9.17, 15) is 9.59 Å². The van der Waals surface area contributed by atoms with E-state index in [1.165, 1.54) is 6.33 Å². The predicted octanol–water partition coefficient (Wildman–Crippen LogP) is 0.570. The summed E-state index contributed by atoms with van der Waals surface area (Å²) in [6.45, 7) is 0.645. The van der Waals surface area contributed by atoms with Gasteiger partial charge in [0.05, 0.1) is 6.04 Å². The van der Waals surface area contributed by atoms with Crippen LogP contribution < -0.4 is 11.0 Å². The second kappa shape index (κ2) is 8.04. The molecule has 0 spiro atoms. The van der Waals surface area contributed by atoms with Gasteiger partial charge in [0.25, 0.3) is 0 Å². The van der Waals surface area contributed by atoms with Gasteiger partial charge >= 0.3 is 5.69 Å². The van der Waals surface area contributed by atoms with E-state index in [-0.39, 0.29) is 24.1 Å². The van der Waals surface area contributed by atoms with Crippen molar-refractivity contribution >= 4 is 5.91 Å². The van der Waals surface area contributed by atoms with Gasteiger partial charge in [-0.3, -0.25) is 14.5 Å². The number of benzene rings is 1. The first-order valence-corrected chi connectivity index (χ1v) is 8.01. The summed E-state index contributed by atoms with van der Waals surface area (Å²) < 4.78 is 1.73. The summed E-state index contributed by atoms with van der Waals surface area (Å²) in [4.78, 5) is 29.8. The van der Waals surface area contributed by atoms with E-state index in [1.54, 1.807) is 11.0 Å². The monoisotopic (exact) mass is 341 g/mol. The summed E-state index contributed by atoms with van der Waals surface area (Å²) >= 11 is 0. The van der Waals surface area contributed by atoms with Crippen LogP contribution in [-0.2, 0) is 17.8 Å². The number of amides is 1. The predicted molar refractivity (Wildman–Crippen MR) is 89.5 cm³/mol. The zero-order valence-corrected chi connectivity index (χ0v) is 13.6. The maximum Gasteiger partial charge on any atom is 0.340 e. The average molecular weight is 341 g/mol. The Labute approximate surface area is 143 Å². The van der Waals surface area contributed by atoms with Crippen LogP contribution in [0.1, 0.15) is 30.3 Å². The first kappa shape index (κ1) is 16.6. The fourth-order valence-electron chi connectivity index (χ4n) is 2.54. The van der Waals surface area contributed by atoms with Gasteiger partial charge in [-0.2, -0.15) is 10.2 Å². The SMILES string of the molecule is O=C(CCc1n[nH]c(=O)[nH]1)NC(CCn1cncn1)c1ccccc1. The topological polar surface area (TPSA) is 121 Å². The maximum atomic E-state index is 12.3. The number of hydrogen-bond acceptors (Lipinski definition) is 5. The lowest BCUT2D eigenvalue weighted by Gasteiger charge is -2.19. The summed E-state index contributed by atoms with van der Waals surface area (Å²) in [5.41, 5.74) is 0.662. The molecule has 25 heavy (non-hydrogen) atoms. The third kappa shape index (κ3) is 4.87. The largest absolute Gasteiger partial charge is 0.349 e. The van der Waals surface area contributed by atoms with E-state index < -0.39 is 0 Å². The Hall–Kier alpha value is -3.23. The number of nitrogens with one attached hydrogen (secondary N) is 3. The van der Waals surface area contributed by atoms with Crippen LogP contribution in [0.4, 0.5) is 0 Å². The number of carbonyl (C=O) groups excluding carboxylic acids is 1. The van der Waals surface area contributed by atoms with Crippen molar-refractivity contribution in [3.63, 3.8) is 0 Å². The molecule has 3 N–H and O–H groups in total. The van der Waals surface area contributed by atoms with Crippen molar-refractivity contribution in [3.05, 3.63) is 64.9 Å². The van der Waals surface area contributed by atoms with Gasteiger partial charge in [-0.1, -0.05) is 30.3 Å². The van der Waals surface area contributed by atoms with Crippen LogP contribution in [0.25, 0.3) is 0 Å². The van der Waals surface area contributed by atoms with Crippen molar-refractivity contribution in [2.24, 2.45) is 0 Å². The van der Waals surface area contributed by atoms with E-state index in [2.05, 4.69) is 30.6 Å². The van der Waals surface area contributed by atoms with E-state index in [0.29, 0.717) is 25.2 Å². The molecule has 0 saturated heterocycles. The highest BCUT2D eigenvalue weighted by Gasteiger charge is 2.15. The molecule has 0 aliphatic heterocycles. The molecule has 1 atom stereocenters. The first-order chi connectivity index (χ1) is 12.2. The number of H-pyrrole nitrogens is 2. The third-order valence-electron chi connectivity index (χ3n) is 3.79. The minimum absolute atomic E-state index is 0.101. The number of rotatable bonds is 8. The molecule has 0 saturated carbocycles. The van der Waals surface area contributed by atoms with E-state index in [1.807, 2.05) is 30.3 Å². The highest BCUT2D eigenvalue weighted by Crippen LogP contribution is 2.17. The van der Waals surface area contributed by atoms with Crippen LogP contribution >= 0.6 is 0 Å². The lowest BCUT2D eigenvalue weighted by atomic mass is 10.0. The molecule has 0 bridgehead atoms. The zero-order valence-electron chi connectivity index (χ0n) is 13.6. The molecule has 1 unspecified atom stereocenters. The molecule has 130 valence electrons. The molecule has 9 nitrogen and oxygen atoms in total. The summed E-state index contributed by atoms with van der Waals surface area (Å²) in [5.74, 6) is 0.371. The number of nitrogens with zero attached hydrogens (tertiary/aromatic N) is 4. The third-order valence-corrected chi connectivity index (χ3v) is 3.79. The zero-order chi connectivity index (χ0) is 17.5. The Morgan fingerprint density at radius 3 is 2.80 bits per heavy atom. The lowest BCUT2D eigenvalue weighted by Crippen LogP contribution is -2.29. The van der Waals surface area contributed by atoms with E-state index in [4.69, 9.17) is 0 Å². The minimum Gasteiger partial charge on any atom is -0.349 e. The number of aromatic amines is 2. The molecule has 0 aliphatic carbocycles. The molecule has 1 aromatic carbocycles. The number of hydrogen-bond donors (Lipinski definition) is 3. The van der Waals surface area contributed by atoms with Crippen LogP contribution in [0, 0.1) is 0 Å². The van der Waals surface area contributed by atoms with Crippen LogP contribution in [0.3, 0.4) is 0 Å². The molecule has 9 heteroatoms. The fraction of sp³-hybridized carbons (Fsp3) is 0.312. The van der Waals surface area contributed by atoms with Crippen molar-refractivity contribution < 1.29 is 4.79 Å². The standard InChI is InChI=1S/C16H19N7O2/c24-15(7-6-14-20-16(25)22-21-14)19-13(12-4-2-1-3-5-12)8-9-23-11-17-10-18-23/h1-5,10-11,13H,6-9H2,(H,19,24)(H2,20,21,22,25). The molecule has 1 amide bonds. The first-order valence-electron chi connectivity index (χ1n) is 8.01. The Morgan fingerprint density at radius 1 is 1.28 bits per heavy atom. The van der Waals surface area contributed by atoms with Gasteiger partial charge in [-0.05, 0) is 12.0 Å². The average Bonchev–Trinajstić information content (AvgIpc) is 3.29. The van der Waals surface area contributed by atoms with Crippen molar-refractivity contribution in [1.29, 1.82) is 0 Å². The maximum absolute atomic E-state index is 12.3. The molecule has 3 aromatic rings. The molecular weight excluding hydrogens is 322 g/mol. The quantitative estimate of drug-likeness (QED) is 0.553. The minimum atomic E-state index is -0.370. The number of aromatic nitrogens is 6. The van der Waals surface area contributed by atoms with Crippen LogP contribution in [0.2, 0.25) is 0 Å². The highest BCUT2D eigenvalue weighted by molar-refractivity contribution is 5.76. The van der Waals surface area contributed by atoms with Gasteiger partial charge in [0.2, 0.25) is 5.91 Å². The Balaban J connectivity index is 1.60. The van der Waals surface area contributed by atoms with Crippen molar-refractivity contribution in [3.8, 4) is 0 Å². The van der Waals surface area contributed by atoms with Gasteiger partial charge in [0.1, 0.15) is 18.5 Å². The molecule has 2 heterocycles. The van der Waals surface area contributed by atoms with Crippen molar-refractivity contribution in [1.82, 2.24) is 35.3 Å². The van der Waals surface area contributed by atoms with Gasteiger partial charge in [0, 0.05) is 19.4 Å². The molecule has 0 radical (unpaired) electrons. The smallest absolute Gasteiger partial charge is 0.340 e. The Morgan fingerprint density at radius 2 is 2.12 bits per heavy atom. The summed E-state index contributed by atoms with van der Waals surface area (Å²) in [5, 5.41) is 13.2. The molecule has 2 aromatic heterocycles. The number of carbonyl (C=O) groups is 1. The van der Waals surface area contributed by atoms with E-state index in [0.717, 1.165) is 5.56 Å². The summed E-state index contributed by atoms with van der Waals surface area (Å²) in [6.07, 6.45) is 4.44. The summed E-state index contributed by atoms with van der Waals surface area (Å²) in [6, 6.07) is 9.66. The molecule has 0 fully saturated rings. The van der Waals surface area contributed by atoms with Crippen LogP contribution in [0.5, 0.6) is 0 Å². The second-order valence-corrected chi connectivity index (χ2v) is 5.60. The van der Waals surface area contributed by atoms with Crippen LogP contribution in [0.15, 0.2) is 47.8 Å². The Bertz CT molecular complexity index is 839. The van der Waals surface area contributed by atoms with Crippen molar-refractivity contribution in [2.45, 2.75) is 31.8 Å². The molecule has 3 rings (SSSR count).